The average molecular weight is 324 g/mol. The van der Waals surface area contributed by atoms with E-state index in [0.717, 1.165) is 50.1 Å². The number of hydrogen-bond donors (Lipinski definition) is 0. The van der Waals surface area contributed by atoms with Crippen molar-refractivity contribution in [3.8, 4) is 0 Å². The molecular weight excluding hydrogens is 300 g/mol. The van der Waals surface area contributed by atoms with E-state index in [-0.39, 0.29) is 6.10 Å². The molecule has 0 N–H and O–H groups in total. The Bertz CT molecular complexity index is 686. The van der Waals surface area contributed by atoms with Crippen molar-refractivity contribution in [2.45, 2.75) is 32.5 Å². The quantitative estimate of drug-likeness (QED) is 0.866. The summed E-state index contributed by atoms with van der Waals surface area (Å²) in [7, 11) is 0. The predicted molar refractivity (Wildman–Crippen MR) is 94.1 cm³/mol. The summed E-state index contributed by atoms with van der Waals surface area (Å²) >= 11 is 0. The highest BCUT2D eigenvalue weighted by atomic mass is 16.5. The number of aryl methyl sites for hydroxylation is 2. The molecule has 0 bridgehead atoms. The molecule has 0 unspecified atom stereocenters. The molecule has 0 saturated carbocycles. The molecule has 2 saturated heterocycles. The van der Waals surface area contributed by atoms with Gasteiger partial charge in [-0.2, -0.15) is 0 Å². The predicted octanol–water partition coefficient (Wildman–Crippen LogP) is 2.18. The van der Waals surface area contributed by atoms with E-state index >= 15 is 0 Å². The summed E-state index contributed by atoms with van der Waals surface area (Å²) < 4.78 is 6.04. The fourth-order valence-electron chi connectivity index (χ4n) is 3.78. The van der Waals surface area contributed by atoms with Crippen LogP contribution in [0.1, 0.15) is 17.0 Å². The first-order chi connectivity index (χ1) is 11.7. The van der Waals surface area contributed by atoms with E-state index in [4.69, 9.17) is 4.74 Å². The highest BCUT2D eigenvalue weighted by Crippen LogP contribution is 2.27. The van der Waals surface area contributed by atoms with Gasteiger partial charge in [-0.1, -0.05) is 30.3 Å². The van der Waals surface area contributed by atoms with Gasteiger partial charge in [0.2, 0.25) is 5.95 Å². The summed E-state index contributed by atoms with van der Waals surface area (Å²) in [6, 6.07) is 13.1. The molecule has 2 aromatic rings. The average Bonchev–Trinajstić information content (AvgIpc) is 3.00. The maximum atomic E-state index is 6.04. The second kappa shape index (κ2) is 6.49. The lowest BCUT2D eigenvalue weighted by Gasteiger charge is -2.36. The third kappa shape index (κ3) is 3.14. The summed E-state index contributed by atoms with van der Waals surface area (Å²) in [6.07, 6.45) is 0.242. The Labute approximate surface area is 143 Å². The summed E-state index contributed by atoms with van der Waals surface area (Å²) in [5, 5.41) is 0. The van der Waals surface area contributed by atoms with Crippen LogP contribution in [-0.4, -0.2) is 53.3 Å². The number of rotatable bonds is 3. The van der Waals surface area contributed by atoms with Crippen LogP contribution in [0.5, 0.6) is 0 Å². The minimum Gasteiger partial charge on any atom is -0.373 e. The van der Waals surface area contributed by atoms with Crippen molar-refractivity contribution >= 4 is 5.95 Å². The lowest BCUT2D eigenvalue weighted by Crippen LogP contribution is -2.50. The fraction of sp³-hybridized carbons (Fsp3) is 0.474. The molecule has 2 aliphatic rings. The van der Waals surface area contributed by atoms with E-state index in [0.29, 0.717) is 6.04 Å². The smallest absolute Gasteiger partial charge is 0.225 e. The van der Waals surface area contributed by atoms with Crippen LogP contribution < -0.4 is 4.90 Å². The van der Waals surface area contributed by atoms with Crippen LogP contribution in [0.25, 0.3) is 0 Å². The number of aromatic nitrogens is 2. The molecule has 0 spiro atoms. The molecule has 3 heterocycles. The molecule has 5 nitrogen and oxygen atoms in total. The van der Waals surface area contributed by atoms with Gasteiger partial charge in [-0.05, 0) is 25.5 Å². The van der Waals surface area contributed by atoms with Crippen LogP contribution in [-0.2, 0) is 11.3 Å². The number of hydrogen-bond acceptors (Lipinski definition) is 5. The van der Waals surface area contributed by atoms with Crippen LogP contribution in [0.15, 0.2) is 36.4 Å². The largest absolute Gasteiger partial charge is 0.373 e. The summed E-state index contributed by atoms with van der Waals surface area (Å²) in [5.41, 5.74) is 3.41. The second-order valence-corrected chi connectivity index (χ2v) is 6.79. The standard InChI is InChI=1S/C19H24N4O/c1-14-10-15(2)21-19(20-14)23-12-17-18(13-23)24-9-8-22(17)11-16-6-4-3-5-7-16/h3-7,10,17-18H,8-9,11-13H2,1-2H3/t17-,18+/m1/s1. The van der Waals surface area contributed by atoms with Crippen LogP contribution in [0.4, 0.5) is 5.95 Å². The Hall–Kier alpha value is -1.98. The van der Waals surface area contributed by atoms with Crippen molar-refractivity contribution in [1.82, 2.24) is 14.9 Å². The maximum absolute atomic E-state index is 6.04. The maximum Gasteiger partial charge on any atom is 0.225 e. The Morgan fingerprint density at radius 3 is 2.58 bits per heavy atom. The number of morpholine rings is 1. The van der Waals surface area contributed by atoms with Gasteiger partial charge in [0.25, 0.3) is 0 Å². The van der Waals surface area contributed by atoms with Crippen LogP contribution in [0.3, 0.4) is 0 Å². The van der Waals surface area contributed by atoms with E-state index in [1.807, 2.05) is 19.9 Å². The first-order valence-electron chi connectivity index (χ1n) is 8.66. The van der Waals surface area contributed by atoms with Crippen molar-refractivity contribution in [3.63, 3.8) is 0 Å². The first kappa shape index (κ1) is 15.5. The zero-order chi connectivity index (χ0) is 16.5. The van der Waals surface area contributed by atoms with Crippen molar-refractivity contribution in [2.75, 3.05) is 31.1 Å². The second-order valence-electron chi connectivity index (χ2n) is 6.79. The van der Waals surface area contributed by atoms with Crippen molar-refractivity contribution < 1.29 is 4.74 Å². The summed E-state index contributed by atoms with van der Waals surface area (Å²) in [5.74, 6) is 0.838. The molecule has 4 rings (SSSR count). The molecular formula is C19H24N4O. The minimum absolute atomic E-state index is 0.242. The molecule has 5 heteroatoms. The Morgan fingerprint density at radius 1 is 1.08 bits per heavy atom. The highest BCUT2D eigenvalue weighted by molar-refractivity contribution is 5.35. The Morgan fingerprint density at radius 2 is 1.83 bits per heavy atom. The molecule has 126 valence electrons. The van der Waals surface area contributed by atoms with Gasteiger partial charge >= 0.3 is 0 Å². The number of fused-ring (bicyclic) bond motifs is 1. The molecule has 1 aromatic heterocycles. The lowest BCUT2D eigenvalue weighted by molar-refractivity contribution is -0.0499. The SMILES string of the molecule is Cc1cc(C)nc(N2C[C@@H]3OCCN(Cc4ccccc4)[C@@H]3C2)n1. The van der Waals surface area contributed by atoms with Gasteiger partial charge in [0.15, 0.2) is 0 Å². The van der Waals surface area contributed by atoms with E-state index < -0.39 is 0 Å². The van der Waals surface area contributed by atoms with Gasteiger partial charge in [-0.15, -0.1) is 0 Å². The molecule has 0 aliphatic carbocycles. The van der Waals surface area contributed by atoms with Crippen LogP contribution >= 0.6 is 0 Å². The van der Waals surface area contributed by atoms with Gasteiger partial charge in [0.05, 0.1) is 18.8 Å². The highest BCUT2D eigenvalue weighted by Gasteiger charge is 2.40. The summed E-state index contributed by atoms with van der Waals surface area (Å²) in [4.78, 5) is 14.1. The fourth-order valence-corrected chi connectivity index (χ4v) is 3.78. The normalized spacial score (nSPS) is 24.2. The van der Waals surface area contributed by atoms with Crippen molar-refractivity contribution in [1.29, 1.82) is 0 Å². The molecule has 0 amide bonds. The number of ether oxygens (including phenoxy) is 1. The zero-order valence-corrected chi connectivity index (χ0v) is 14.4. The third-order valence-electron chi connectivity index (χ3n) is 4.90. The monoisotopic (exact) mass is 324 g/mol. The third-order valence-corrected chi connectivity index (χ3v) is 4.90. The van der Waals surface area contributed by atoms with Gasteiger partial charge in [0, 0.05) is 37.6 Å². The van der Waals surface area contributed by atoms with Crippen LogP contribution in [0.2, 0.25) is 0 Å². The number of benzene rings is 1. The number of nitrogens with zero attached hydrogens (tertiary/aromatic N) is 4. The van der Waals surface area contributed by atoms with Gasteiger partial charge < -0.3 is 9.64 Å². The minimum atomic E-state index is 0.242. The zero-order valence-electron chi connectivity index (χ0n) is 14.4. The van der Waals surface area contributed by atoms with E-state index in [1.165, 1.54) is 5.56 Å². The molecule has 0 radical (unpaired) electrons. The molecule has 1 aromatic carbocycles. The molecule has 24 heavy (non-hydrogen) atoms. The van der Waals surface area contributed by atoms with Crippen molar-refractivity contribution in [3.05, 3.63) is 53.3 Å². The first-order valence-corrected chi connectivity index (χ1v) is 8.66. The van der Waals surface area contributed by atoms with Gasteiger partial charge in [0.1, 0.15) is 0 Å². The van der Waals surface area contributed by atoms with E-state index in [9.17, 15) is 0 Å². The Balaban J connectivity index is 1.51. The topological polar surface area (TPSA) is 41.5 Å². The van der Waals surface area contributed by atoms with Crippen molar-refractivity contribution in [2.24, 2.45) is 0 Å². The number of anilines is 1. The Kier molecular flexibility index (Phi) is 4.21. The molecule has 2 fully saturated rings. The molecule has 2 aliphatic heterocycles. The summed E-state index contributed by atoms with van der Waals surface area (Å²) in [6.45, 7) is 8.62. The van der Waals surface area contributed by atoms with Gasteiger partial charge in [-0.3, -0.25) is 4.90 Å². The van der Waals surface area contributed by atoms with E-state index in [2.05, 4.69) is 50.1 Å². The molecule has 2 atom stereocenters. The van der Waals surface area contributed by atoms with Crippen LogP contribution in [0, 0.1) is 13.8 Å². The van der Waals surface area contributed by atoms with Gasteiger partial charge in [-0.25, -0.2) is 9.97 Å². The van der Waals surface area contributed by atoms with E-state index in [1.54, 1.807) is 0 Å². The lowest BCUT2D eigenvalue weighted by atomic mass is 10.1.